The molecule has 1 aliphatic rings. The van der Waals surface area contributed by atoms with Gasteiger partial charge in [0.2, 0.25) is 0 Å². The molecule has 0 bridgehead atoms. The number of hydrogen-bond acceptors (Lipinski definition) is 2. The lowest BCUT2D eigenvalue weighted by atomic mass is 9.73. The molecule has 25 heavy (non-hydrogen) atoms. The Morgan fingerprint density at radius 2 is 1.44 bits per heavy atom. The Bertz CT molecular complexity index is 697. The summed E-state index contributed by atoms with van der Waals surface area (Å²) in [5.74, 6) is 0.260. The van der Waals surface area contributed by atoms with Crippen molar-refractivity contribution in [3.63, 3.8) is 0 Å². The molecule has 0 aliphatic heterocycles. The molecule has 2 heteroatoms. The number of carbonyl (C=O) groups excluding carboxylic acids is 2. The molecule has 2 aromatic carbocycles. The third-order valence-corrected chi connectivity index (χ3v) is 5.52. The van der Waals surface area contributed by atoms with Crippen LogP contribution >= 0.6 is 0 Å². The highest BCUT2D eigenvalue weighted by Gasteiger charge is 2.33. The second kappa shape index (κ2) is 8.24. The van der Waals surface area contributed by atoms with Crippen LogP contribution in [0.5, 0.6) is 0 Å². The van der Waals surface area contributed by atoms with Gasteiger partial charge in [0.05, 0.1) is 5.92 Å². The predicted molar refractivity (Wildman–Crippen MR) is 100 cm³/mol. The molecule has 0 heterocycles. The number of rotatable bonds is 6. The highest BCUT2D eigenvalue weighted by molar-refractivity contribution is 6.02. The first-order valence-electron chi connectivity index (χ1n) is 9.28. The lowest BCUT2D eigenvalue weighted by Gasteiger charge is -2.29. The predicted octanol–water partition coefficient (Wildman–Crippen LogP) is 4.98. The van der Waals surface area contributed by atoms with Crippen molar-refractivity contribution in [2.75, 3.05) is 0 Å². The number of ketones is 2. The Morgan fingerprint density at radius 3 is 2.00 bits per heavy atom. The first-order valence-corrected chi connectivity index (χ1v) is 9.28. The first kappa shape index (κ1) is 17.6. The normalized spacial score (nSPS) is 21.5. The summed E-state index contributed by atoms with van der Waals surface area (Å²) in [6.07, 6.45) is 4.41. The molecule has 3 rings (SSSR count). The molecule has 1 saturated carbocycles. The molecule has 0 aromatic heterocycles. The van der Waals surface area contributed by atoms with Crippen LogP contribution in [0.25, 0.3) is 0 Å². The molecule has 0 N–H and O–H groups in total. The second-order valence-electron chi connectivity index (χ2n) is 7.21. The maximum absolute atomic E-state index is 13.0. The van der Waals surface area contributed by atoms with E-state index >= 15 is 0 Å². The van der Waals surface area contributed by atoms with Crippen molar-refractivity contribution < 1.29 is 9.59 Å². The fraction of sp³-hybridized carbons (Fsp3) is 0.391. The van der Waals surface area contributed by atoms with Gasteiger partial charge in [-0.1, -0.05) is 60.7 Å². The first-order chi connectivity index (χ1) is 12.1. The minimum absolute atomic E-state index is 0.000893. The maximum Gasteiger partial charge on any atom is 0.146 e. The molecule has 0 spiro atoms. The third-order valence-electron chi connectivity index (χ3n) is 5.52. The van der Waals surface area contributed by atoms with Gasteiger partial charge in [0, 0.05) is 5.92 Å². The van der Waals surface area contributed by atoms with E-state index in [1.165, 1.54) is 5.56 Å². The molecule has 2 aromatic rings. The van der Waals surface area contributed by atoms with Crippen molar-refractivity contribution >= 4 is 11.6 Å². The van der Waals surface area contributed by atoms with Crippen LogP contribution in [0.3, 0.4) is 0 Å². The third kappa shape index (κ3) is 4.45. The standard InChI is InChI=1S/C23H26O2/c1-17(24)22(16-18-8-4-2-5-9-18)23(25)21-14-12-20(13-15-21)19-10-6-3-7-11-19/h2-11,20-22H,12-16H2,1H3. The van der Waals surface area contributed by atoms with Crippen LogP contribution < -0.4 is 0 Å². The van der Waals surface area contributed by atoms with Gasteiger partial charge in [0.25, 0.3) is 0 Å². The van der Waals surface area contributed by atoms with Crippen molar-refractivity contribution in [1.82, 2.24) is 0 Å². The lowest BCUT2D eigenvalue weighted by molar-refractivity contribution is -0.134. The second-order valence-corrected chi connectivity index (χ2v) is 7.21. The Labute approximate surface area is 150 Å². The highest BCUT2D eigenvalue weighted by Crippen LogP contribution is 2.37. The van der Waals surface area contributed by atoms with Gasteiger partial charge in [0.15, 0.2) is 0 Å². The quantitative estimate of drug-likeness (QED) is 0.698. The van der Waals surface area contributed by atoms with E-state index in [4.69, 9.17) is 0 Å². The zero-order valence-electron chi connectivity index (χ0n) is 14.9. The SMILES string of the molecule is CC(=O)C(Cc1ccccc1)C(=O)C1CCC(c2ccccc2)CC1. The summed E-state index contributed by atoms with van der Waals surface area (Å²) in [4.78, 5) is 25.1. The van der Waals surface area contributed by atoms with Crippen LogP contribution in [0.2, 0.25) is 0 Å². The molecule has 0 saturated heterocycles. The Balaban J connectivity index is 1.63. The molecule has 130 valence electrons. The minimum atomic E-state index is -0.485. The summed E-state index contributed by atoms with van der Waals surface area (Å²) >= 11 is 0. The fourth-order valence-corrected chi connectivity index (χ4v) is 4.02. The summed E-state index contributed by atoms with van der Waals surface area (Å²) in [6.45, 7) is 1.56. The van der Waals surface area contributed by atoms with Gasteiger partial charge < -0.3 is 0 Å². The molecule has 1 unspecified atom stereocenters. The zero-order chi connectivity index (χ0) is 17.6. The highest BCUT2D eigenvalue weighted by atomic mass is 16.1. The molecular formula is C23H26O2. The van der Waals surface area contributed by atoms with Crippen molar-refractivity contribution in [3.05, 3.63) is 71.8 Å². The van der Waals surface area contributed by atoms with Gasteiger partial charge in [-0.2, -0.15) is 0 Å². The number of carbonyl (C=O) groups is 2. The van der Waals surface area contributed by atoms with E-state index in [9.17, 15) is 9.59 Å². The van der Waals surface area contributed by atoms with Gasteiger partial charge >= 0.3 is 0 Å². The van der Waals surface area contributed by atoms with Crippen LogP contribution in [0.15, 0.2) is 60.7 Å². The Morgan fingerprint density at radius 1 is 0.880 bits per heavy atom. The topological polar surface area (TPSA) is 34.1 Å². The van der Waals surface area contributed by atoms with Crippen LogP contribution in [0.4, 0.5) is 0 Å². The molecule has 1 fully saturated rings. The summed E-state index contributed by atoms with van der Waals surface area (Å²) in [7, 11) is 0. The summed E-state index contributed by atoms with van der Waals surface area (Å²) in [6, 6.07) is 20.4. The average molecular weight is 334 g/mol. The van der Waals surface area contributed by atoms with Crippen molar-refractivity contribution in [1.29, 1.82) is 0 Å². The maximum atomic E-state index is 13.0. The molecule has 0 radical (unpaired) electrons. The monoisotopic (exact) mass is 334 g/mol. The number of hydrogen-bond donors (Lipinski definition) is 0. The van der Waals surface area contributed by atoms with Gasteiger partial charge in [0.1, 0.15) is 11.6 Å². The van der Waals surface area contributed by atoms with E-state index in [0.29, 0.717) is 12.3 Å². The fourth-order valence-electron chi connectivity index (χ4n) is 4.02. The van der Waals surface area contributed by atoms with Gasteiger partial charge in [-0.3, -0.25) is 9.59 Å². The molecule has 1 atom stereocenters. The smallest absolute Gasteiger partial charge is 0.146 e. The summed E-state index contributed by atoms with van der Waals surface area (Å²) in [5, 5.41) is 0. The molecule has 0 amide bonds. The van der Waals surface area contributed by atoms with Gasteiger partial charge in [-0.05, 0) is 56.1 Å². The van der Waals surface area contributed by atoms with Crippen LogP contribution in [0, 0.1) is 11.8 Å². The number of benzene rings is 2. The Kier molecular flexibility index (Phi) is 5.80. The van der Waals surface area contributed by atoms with E-state index in [0.717, 1.165) is 31.2 Å². The molecular weight excluding hydrogens is 308 g/mol. The summed E-state index contributed by atoms with van der Waals surface area (Å²) in [5.41, 5.74) is 2.44. The van der Waals surface area contributed by atoms with E-state index in [-0.39, 0.29) is 17.5 Å². The average Bonchev–Trinajstić information content (AvgIpc) is 2.67. The summed E-state index contributed by atoms with van der Waals surface area (Å²) < 4.78 is 0. The number of Topliss-reactive ketones (excluding diaryl/α,β-unsaturated/α-hetero) is 2. The largest absolute Gasteiger partial charge is 0.299 e. The van der Waals surface area contributed by atoms with Crippen molar-refractivity contribution in [2.45, 2.75) is 44.9 Å². The van der Waals surface area contributed by atoms with Crippen molar-refractivity contribution in [2.24, 2.45) is 11.8 Å². The van der Waals surface area contributed by atoms with Crippen LogP contribution in [0.1, 0.15) is 49.7 Å². The Hall–Kier alpha value is -2.22. The molecule has 1 aliphatic carbocycles. The van der Waals surface area contributed by atoms with Gasteiger partial charge in [-0.25, -0.2) is 0 Å². The molecule has 2 nitrogen and oxygen atoms in total. The van der Waals surface area contributed by atoms with Crippen LogP contribution in [-0.2, 0) is 16.0 Å². The minimum Gasteiger partial charge on any atom is -0.299 e. The van der Waals surface area contributed by atoms with Crippen LogP contribution in [-0.4, -0.2) is 11.6 Å². The zero-order valence-corrected chi connectivity index (χ0v) is 14.9. The van der Waals surface area contributed by atoms with Gasteiger partial charge in [-0.15, -0.1) is 0 Å². The van der Waals surface area contributed by atoms with E-state index in [1.807, 2.05) is 36.4 Å². The van der Waals surface area contributed by atoms with Crippen molar-refractivity contribution in [3.8, 4) is 0 Å². The lowest BCUT2D eigenvalue weighted by Crippen LogP contribution is -2.32. The van der Waals surface area contributed by atoms with E-state index in [1.54, 1.807) is 6.92 Å². The van der Waals surface area contributed by atoms with E-state index in [2.05, 4.69) is 24.3 Å². The van der Waals surface area contributed by atoms with E-state index < -0.39 is 5.92 Å².